The molecule has 0 heterocycles. The molecule has 1 unspecified atom stereocenters. The number of hydrogen-bond acceptors (Lipinski definition) is 4. The van der Waals surface area contributed by atoms with Gasteiger partial charge in [-0.3, -0.25) is 0 Å². The van der Waals surface area contributed by atoms with Crippen LogP contribution in [0.15, 0.2) is 48.5 Å². The first kappa shape index (κ1) is 28.5. The standard InChI is InChI=1S/C29H45N3O3/c1-8-31(9-2)19-13-14-23(3)32(28(33)30-29(4,5)6)21-25-17-18-26(27(20-25)34-7)35-22-24-15-11-10-12-16-24/h10-12,15-18,20,23H,8-9,13-14,19,21-22H2,1-7H3,(H,30,33). The third-order valence-corrected chi connectivity index (χ3v) is 6.08. The minimum atomic E-state index is -0.302. The molecule has 6 heteroatoms. The van der Waals surface area contributed by atoms with Crippen LogP contribution in [0.3, 0.4) is 0 Å². The Balaban J connectivity index is 2.13. The number of methoxy groups -OCH3 is 1. The first-order valence-electron chi connectivity index (χ1n) is 12.8. The van der Waals surface area contributed by atoms with Crippen molar-refractivity contribution in [3.05, 3.63) is 59.7 Å². The van der Waals surface area contributed by atoms with E-state index in [0.29, 0.717) is 24.7 Å². The molecule has 194 valence electrons. The lowest BCUT2D eigenvalue weighted by molar-refractivity contribution is 0.160. The molecule has 1 atom stereocenters. The van der Waals surface area contributed by atoms with Crippen molar-refractivity contribution in [2.75, 3.05) is 26.7 Å². The summed E-state index contributed by atoms with van der Waals surface area (Å²) in [5.41, 5.74) is 1.80. The SMILES string of the molecule is CCN(CC)CCCC(C)N(Cc1ccc(OCc2ccccc2)c(OC)c1)C(=O)NC(C)(C)C. The average Bonchev–Trinajstić information content (AvgIpc) is 2.83. The summed E-state index contributed by atoms with van der Waals surface area (Å²) < 4.78 is 11.6. The summed E-state index contributed by atoms with van der Waals surface area (Å²) >= 11 is 0. The van der Waals surface area contributed by atoms with E-state index in [-0.39, 0.29) is 17.6 Å². The molecule has 35 heavy (non-hydrogen) atoms. The van der Waals surface area contributed by atoms with Gasteiger partial charge in [-0.2, -0.15) is 0 Å². The van der Waals surface area contributed by atoms with Crippen molar-refractivity contribution < 1.29 is 14.3 Å². The predicted octanol–water partition coefficient (Wildman–Crippen LogP) is 6.09. The number of nitrogens with one attached hydrogen (secondary N) is 1. The maximum Gasteiger partial charge on any atom is 0.318 e. The lowest BCUT2D eigenvalue weighted by Gasteiger charge is -2.33. The molecule has 0 spiro atoms. The third-order valence-electron chi connectivity index (χ3n) is 6.08. The lowest BCUT2D eigenvalue weighted by atomic mass is 10.1. The van der Waals surface area contributed by atoms with Crippen LogP contribution in [0.5, 0.6) is 11.5 Å². The lowest BCUT2D eigenvalue weighted by Crippen LogP contribution is -2.51. The maximum absolute atomic E-state index is 13.2. The average molecular weight is 484 g/mol. The zero-order valence-corrected chi connectivity index (χ0v) is 22.8. The second-order valence-corrected chi connectivity index (χ2v) is 10.1. The fourth-order valence-electron chi connectivity index (χ4n) is 3.99. The van der Waals surface area contributed by atoms with Gasteiger partial charge in [0.2, 0.25) is 0 Å². The molecule has 2 aromatic carbocycles. The Labute approximate surface area is 212 Å². The van der Waals surface area contributed by atoms with Gasteiger partial charge in [-0.15, -0.1) is 0 Å². The highest BCUT2D eigenvalue weighted by Crippen LogP contribution is 2.30. The highest BCUT2D eigenvalue weighted by molar-refractivity contribution is 5.75. The third kappa shape index (κ3) is 9.81. The molecule has 0 aliphatic rings. The summed E-state index contributed by atoms with van der Waals surface area (Å²) in [4.78, 5) is 17.6. The van der Waals surface area contributed by atoms with Gasteiger partial charge in [-0.25, -0.2) is 4.79 Å². The van der Waals surface area contributed by atoms with Crippen molar-refractivity contribution in [1.29, 1.82) is 0 Å². The Morgan fingerprint density at radius 2 is 1.69 bits per heavy atom. The van der Waals surface area contributed by atoms with E-state index in [1.165, 1.54) is 0 Å². The van der Waals surface area contributed by atoms with Crippen molar-refractivity contribution >= 4 is 6.03 Å². The number of carbonyl (C=O) groups is 1. The molecular formula is C29H45N3O3. The highest BCUT2D eigenvalue weighted by Gasteiger charge is 2.24. The second kappa shape index (κ2) is 14.0. The molecular weight excluding hydrogens is 438 g/mol. The Hall–Kier alpha value is -2.73. The molecule has 0 saturated heterocycles. The van der Waals surface area contributed by atoms with Gasteiger partial charge in [0.25, 0.3) is 0 Å². The van der Waals surface area contributed by atoms with E-state index in [1.54, 1.807) is 7.11 Å². The van der Waals surface area contributed by atoms with Gasteiger partial charge in [-0.1, -0.05) is 50.2 Å². The normalized spacial score (nSPS) is 12.3. The Morgan fingerprint density at radius 1 is 1.00 bits per heavy atom. The van der Waals surface area contributed by atoms with Gasteiger partial charge in [0.15, 0.2) is 11.5 Å². The number of nitrogens with zero attached hydrogens (tertiary/aromatic N) is 2. The maximum atomic E-state index is 13.2. The summed E-state index contributed by atoms with van der Waals surface area (Å²) in [5, 5.41) is 3.14. The van der Waals surface area contributed by atoms with Gasteiger partial charge in [0.05, 0.1) is 7.11 Å². The molecule has 2 amide bonds. The fourth-order valence-corrected chi connectivity index (χ4v) is 3.99. The topological polar surface area (TPSA) is 54.0 Å². The molecule has 2 rings (SSSR count). The minimum Gasteiger partial charge on any atom is -0.493 e. The molecule has 0 aliphatic heterocycles. The van der Waals surface area contributed by atoms with Crippen LogP contribution < -0.4 is 14.8 Å². The Morgan fingerprint density at radius 3 is 2.29 bits per heavy atom. The van der Waals surface area contributed by atoms with E-state index in [1.807, 2.05) is 74.2 Å². The quantitative estimate of drug-likeness (QED) is 0.374. The second-order valence-electron chi connectivity index (χ2n) is 10.1. The van der Waals surface area contributed by atoms with Crippen molar-refractivity contribution in [2.24, 2.45) is 0 Å². The van der Waals surface area contributed by atoms with Crippen molar-refractivity contribution in [3.63, 3.8) is 0 Å². The molecule has 0 fully saturated rings. The van der Waals surface area contributed by atoms with Crippen molar-refractivity contribution in [2.45, 2.75) is 79.1 Å². The zero-order chi connectivity index (χ0) is 25.8. The molecule has 0 radical (unpaired) electrons. The van der Waals surface area contributed by atoms with Gasteiger partial charge < -0.3 is 24.6 Å². The molecule has 2 aromatic rings. The number of hydrogen-bond donors (Lipinski definition) is 1. The number of ether oxygens (including phenoxy) is 2. The fraction of sp³-hybridized carbons (Fsp3) is 0.552. The number of carbonyl (C=O) groups excluding carboxylic acids is 1. The largest absolute Gasteiger partial charge is 0.493 e. The first-order chi connectivity index (χ1) is 16.7. The number of urea groups is 1. The van der Waals surface area contributed by atoms with Crippen molar-refractivity contribution in [1.82, 2.24) is 15.1 Å². The first-order valence-corrected chi connectivity index (χ1v) is 12.8. The summed E-state index contributed by atoms with van der Waals surface area (Å²) in [7, 11) is 1.65. The van der Waals surface area contributed by atoms with Gasteiger partial charge >= 0.3 is 6.03 Å². The highest BCUT2D eigenvalue weighted by atomic mass is 16.5. The van der Waals surface area contributed by atoms with Crippen LogP contribution in [0.1, 0.15) is 65.5 Å². The van der Waals surface area contributed by atoms with Crippen LogP contribution in [-0.2, 0) is 13.2 Å². The van der Waals surface area contributed by atoms with Crippen LogP contribution in [0.25, 0.3) is 0 Å². The summed E-state index contributed by atoms with van der Waals surface area (Å²) in [6.07, 6.45) is 2.00. The summed E-state index contributed by atoms with van der Waals surface area (Å²) in [6, 6.07) is 16.0. The van der Waals surface area contributed by atoms with Crippen LogP contribution in [0.4, 0.5) is 4.79 Å². The van der Waals surface area contributed by atoms with Crippen molar-refractivity contribution in [3.8, 4) is 11.5 Å². The van der Waals surface area contributed by atoms with Crippen LogP contribution >= 0.6 is 0 Å². The molecule has 0 saturated carbocycles. The number of amides is 2. The van der Waals surface area contributed by atoms with Crippen LogP contribution in [-0.4, -0.2) is 54.2 Å². The summed E-state index contributed by atoms with van der Waals surface area (Å²) in [6.45, 7) is 16.7. The number of rotatable bonds is 13. The number of benzene rings is 2. The smallest absolute Gasteiger partial charge is 0.318 e. The zero-order valence-electron chi connectivity index (χ0n) is 22.8. The van der Waals surface area contributed by atoms with Gasteiger partial charge in [0.1, 0.15) is 6.61 Å². The van der Waals surface area contributed by atoms with Crippen LogP contribution in [0, 0.1) is 0 Å². The molecule has 0 bridgehead atoms. The van der Waals surface area contributed by atoms with E-state index in [2.05, 4.69) is 31.0 Å². The van der Waals surface area contributed by atoms with E-state index in [0.717, 1.165) is 43.6 Å². The summed E-state index contributed by atoms with van der Waals surface area (Å²) in [5.74, 6) is 1.36. The van der Waals surface area contributed by atoms with E-state index >= 15 is 0 Å². The molecule has 0 aromatic heterocycles. The Kier molecular flexibility index (Phi) is 11.4. The van der Waals surface area contributed by atoms with Crippen LogP contribution in [0.2, 0.25) is 0 Å². The molecule has 6 nitrogen and oxygen atoms in total. The molecule has 1 N–H and O–H groups in total. The van der Waals surface area contributed by atoms with E-state index < -0.39 is 0 Å². The minimum absolute atomic E-state index is 0.0452. The van der Waals surface area contributed by atoms with E-state index in [4.69, 9.17) is 9.47 Å². The Bertz CT molecular complexity index is 892. The predicted molar refractivity (Wildman–Crippen MR) is 144 cm³/mol. The monoisotopic (exact) mass is 483 g/mol. The van der Waals surface area contributed by atoms with Gasteiger partial charge in [0, 0.05) is 18.1 Å². The van der Waals surface area contributed by atoms with Gasteiger partial charge in [-0.05, 0) is 83.4 Å². The molecule has 0 aliphatic carbocycles. The van der Waals surface area contributed by atoms with E-state index in [9.17, 15) is 4.79 Å².